The van der Waals surface area contributed by atoms with Gasteiger partial charge < -0.3 is 15.7 Å². The number of nitrogens with zero attached hydrogens (tertiary/aromatic N) is 1. The number of nitrogens with two attached hydrogens (primary N) is 1. The first-order valence-electron chi connectivity index (χ1n) is 5.64. The summed E-state index contributed by atoms with van der Waals surface area (Å²) in [5, 5.41) is 10.7. The van der Waals surface area contributed by atoms with E-state index in [4.69, 9.17) is 5.73 Å². The second-order valence-corrected chi connectivity index (χ2v) is 7.53. The molecule has 16 heavy (non-hydrogen) atoms. The normalized spacial score (nSPS) is 43.9. The molecule has 0 aromatic rings. The van der Waals surface area contributed by atoms with Gasteiger partial charge in [-0.15, -0.1) is 0 Å². The Morgan fingerprint density at radius 1 is 1.44 bits per heavy atom. The Kier molecular flexibility index (Phi) is 2.81. The van der Waals surface area contributed by atoms with Crippen LogP contribution in [0.1, 0.15) is 12.8 Å². The summed E-state index contributed by atoms with van der Waals surface area (Å²) in [4.78, 5) is 2.03. The zero-order chi connectivity index (χ0) is 12.0. The van der Waals surface area contributed by atoms with E-state index >= 15 is 0 Å². The fourth-order valence-electron chi connectivity index (χ4n) is 3.05. The van der Waals surface area contributed by atoms with Crippen LogP contribution in [0.25, 0.3) is 0 Å². The maximum Gasteiger partial charge on any atom is 0.151 e. The standard InChI is InChI=1S/C10H20N2O3S/c1-12-4-2-10(13,7-12)9(6-11)3-5-16(14,15)8-9/h13H,2-8,11H2,1H3. The van der Waals surface area contributed by atoms with Gasteiger partial charge in [-0.2, -0.15) is 0 Å². The summed E-state index contributed by atoms with van der Waals surface area (Å²) in [6.45, 7) is 1.58. The first-order valence-corrected chi connectivity index (χ1v) is 7.46. The molecule has 3 N–H and O–H groups in total. The largest absolute Gasteiger partial charge is 0.388 e. The third kappa shape index (κ3) is 1.77. The molecule has 0 spiro atoms. The lowest BCUT2D eigenvalue weighted by Gasteiger charge is -2.41. The highest BCUT2D eigenvalue weighted by atomic mass is 32.2. The monoisotopic (exact) mass is 248 g/mol. The third-order valence-corrected chi connectivity index (χ3v) is 6.02. The Bertz CT molecular complexity index is 384. The van der Waals surface area contributed by atoms with E-state index in [0.717, 1.165) is 6.54 Å². The average molecular weight is 248 g/mol. The SMILES string of the molecule is CN1CCC(O)(C2(CN)CCS(=O)(=O)C2)C1. The molecule has 2 aliphatic heterocycles. The molecule has 2 rings (SSSR count). The number of hydrogen-bond acceptors (Lipinski definition) is 5. The van der Waals surface area contributed by atoms with Gasteiger partial charge in [0.2, 0.25) is 0 Å². The molecule has 2 aliphatic rings. The number of hydrogen-bond donors (Lipinski definition) is 2. The van der Waals surface area contributed by atoms with Gasteiger partial charge in [-0.3, -0.25) is 0 Å². The first-order chi connectivity index (χ1) is 7.33. The zero-order valence-corrected chi connectivity index (χ0v) is 10.5. The second kappa shape index (κ2) is 3.66. The van der Waals surface area contributed by atoms with E-state index in [1.165, 1.54) is 0 Å². The van der Waals surface area contributed by atoms with E-state index in [1.807, 2.05) is 11.9 Å². The van der Waals surface area contributed by atoms with Crippen LogP contribution in [0.2, 0.25) is 0 Å². The van der Waals surface area contributed by atoms with Crippen molar-refractivity contribution in [3.05, 3.63) is 0 Å². The lowest BCUT2D eigenvalue weighted by Crippen LogP contribution is -2.55. The number of likely N-dealkylation sites (N-methyl/N-ethyl adjacent to an activating group) is 1. The van der Waals surface area contributed by atoms with Crippen LogP contribution in [0.4, 0.5) is 0 Å². The molecule has 2 atom stereocenters. The van der Waals surface area contributed by atoms with E-state index in [9.17, 15) is 13.5 Å². The van der Waals surface area contributed by atoms with Crippen molar-refractivity contribution < 1.29 is 13.5 Å². The number of β-amino-alcohol motifs (C(OH)–C–C–N with tert-alkyl or cyclic N) is 1. The van der Waals surface area contributed by atoms with E-state index in [0.29, 0.717) is 19.4 Å². The molecule has 2 saturated heterocycles. The quantitative estimate of drug-likeness (QED) is 0.642. The maximum absolute atomic E-state index is 11.6. The van der Waals surface area contributed by atoms with Crippen LogP contribution in [-0.4, -0.2) is 62.2 Å². The van der Waals surface area contributed by atoms with E-state index in [-0.39, 0.29) is 18.1 Å². The van der Waals surface area contributed by atoms with Crippen LogP contribution < -0.4 is 5.73 Å². The first kappa shape index (κ1) is 12.3. The van der Waals surface area contributed by atoms with Gasteiger partial charge >= 0.3 is 0 Å². The molecule has 0 aromatic carbocycles. The van der Waals surface area contributed by atoms with Gasteiger partial charge in [-0.05, 0) is 19.9 Å². The van der Waals surface area contributed by atoms with Gasteiger partial charge in [0.15, 0.2) is 9.84 Å². The summed E-state index contributed by atoms with van der Waals surface area (Å²) in [6, 6.07) is 0. The van der Waals surface area contributed by atoms with E-state index in [1.54, 1.807) is 0 Å². The molecule has 0 saturated carbocycles. The molecule has 5 nitrogen and oxygen atoms in total. The van der Waals surface area contributed by atoms with Gasteiger partial charge in [-0.25, -0.2) is 8.42 Å². The lowest BCUT2D eigenvalue weighted by atomic mass is 9.70. The van der Waals surface area contributed by atoms with Crippen molar-refractivity contribution in [3.8, 4) is 0 Å². The summed E-state index contributed by atoms with van der Waals surface area (Å²) in [6.07, 6.45) is 1.12. The van der Waals surface area contributed by atoms with Crippen LogP contribution in [0.5, 0.6) is 0 Å². The summed E-state index contributed by atoms with van der Waals surface area (Å²) < 4.78 is 23.2. The molecule has 0 radical (unpaired) electrons. The van der Waals surface area contributed by atoms with Crippen molar-refractivity contribution in [1.82, 2.24) is 4.90 Å². The van der Waals surface area contributed by atoms with Crippen LogP contribution in [-0.2, 0) is 9.84 Å². The van der Waals surface area contributed by atoms with Gasteiger partial charge in [0, 0.05) is 25.0 Å². The van der Waals surface area contributed by atoms with Gasteiger partial charge in [0.05, 0.1) is 17.1 Å². The minimum atomic E-state index is -3.02. The Morgan fingerprint density at radius 2 is 2.12 bits per heavy atom. The number of likely N-dealkylation sites (tertiary alicyclic amines) is 1. The smallest absolute Gasteiger partial charge is 0.151 e. The summed E-state index contributed by atoms with van der Waals surface area (Å²) >= 11 is 0. The number of aliphatic hydroxyl groups is 1. The molecule has 2 unspecified atom stereocenters. The maximum atomic E-state index is 11.6. The molecule has 94 valence electrons. The summed E-state index contributed by atoms with van der Waals surface area (Å²) in [5.41, 5.74) is 4.20. The van der Waals surface area contributed by atoms with Crippen LogP contribution in [0, 0.1) is 5.41 Å². The molecule has 0 aromatic heterocycles. The minimum Gasteiger partial charge on any atom is -0.388 e. The second-order valence-electron chi connectivity index (χ2n) is 5.35. The van der Waals surface area contributed by atoms with Crippen LogP contribution in [0.15, 0.2) is 0 Å². The van der Waals surface area contributed by atoms with Crippen molar-refractivity contribution >= 4 is 9.84 Å². The highest BCUT2D eigenvalue weighted by Gasteiger charge is 2.57. The summed E-state index contributed by atoms with van der Waals surface area (Å²) in [7, 11) is -1.08. The molecule has 0 amide bonds. The molecule has 0 bridgehead atoms. The van der Waals surface area contributed by atoms with Crippen molar-refractivity contribution in [2.45, 2.75) is 18.4 Å². The Balaban J connectivity index is 2.30. The van der Waals surface area contributed by atoms with Crippen LogP contribution in [0.3, 0.4) is 0 Å². The Morgan fingerprint density at radius 3 is 2.50 bits per heavy atom. The highest BCUT2D eigenvalue weighted by molar-refractivity contribution is 7.91. The van der Waals surface area contributed by atoms with Crippen molar-refractivity contribution in [3.63, 3.8) is 0 Å². The van der Waals surface area contributed by atoms with Gasteiger partial charge in [0.25, 0.3) is 0 Å². The predicted molar refractivity (Wildman–Crippen MR) is 61.8 cm³/mol. The predicted octanol–water partition coefficient (Wildman–Crippen LogP) is -1.18. The van der Waals surface area contributed by atoms with Crippen molar-refractivity contribution in [2.24, 2.45) is 11.1 Å². The van der Waals surface area contributed by atoms with Crippen LogP contribution >= 0.6 is 0 Å². The third-order valence-electron chi connectivity index (χ3n) is 4.20. The molecule has 6 heteroatoms. The number of sulfone groups is 1. The molecular weight excluding hydrogens is 228 g/mol. The fourth-order valence-corrected chi connectivity index (χ4v) is 5.27. The minimum absolute atomic E-state index is 0.0425. The van der Waals surface area contributed by atoms with Crippen molar-refractivity contribution in [2.75, 3.05) is 38.2 Å². The molecule has 2 fully saturated rings. The van der Waals surface area contributed by atoms with Gasteiger partial charge in [-0.1, -0.05) is 0 Å². The Hall–Kier alpha value is -0.170. The van der Waals surface area contributed by atoms with E-state index < -0.39 is 20.9 Å². The molecule has 2 heterocycles. The topological polar surface area (TPSA) is 83.6 Å². The average Bonchev–Trinajstić information content (AvgIpc) is 2.69. The number of rotatable bonds is 2. The molecule has 0 aliphatic carbocycles. The molecular formula is C10H20N2O3S. The van der Waals surface area contributed by atoms with Gasteiger partial charge in [0.1, 0.15) is 0 Å². The zero-order valence-electron chi connectivity index (χ0n) is 9.65. The van der Waals surface area contributed by atoms with E-state index in [2.05, 4.69) is 0 Å². The van der Waals surface area contributed by atoms with Crippen molar-refractivity contribution in [1.29, 1.82) is 0 Å². The highest BCUT2D eigenvalue weighted by Crippen LogP contribution is 2.45. The lowest BCUT2D eigenvalue weighted by molar-refractivity contribution is -0.0568. The summed E-state index contributed by atoms with van der Waals surface area (Å²) in [5.74, 6) is 0.205. The Labute approximate surface area is 96.5 Å². The fraction of sp³-hybridized carbons (Fsp3) is 1.00.